The molecule has 0 aromatic carbocycles. The fourth-order valence-electron chi connectivity index (χ4n) is 1.20. The van der Waals surface area contributed by atoms with Crippen molar-refractivity contribution >= 4 is 0 Å². The summed E-state index contributed by atoms with van der Waals surface area (Å²) < 4.78 is 10.8. The zero-order chi connectivity index (χ0) is 10.8. The summed E-state index contributed by atoms with van der Waals surface area (Å²) in [6.45, 7) is 11.0. The van der Waals surface area contributed by atoms with Crippen LogP contribution in [0.3, 0.4) is 0 Å². The van der Waals surface area contributed by atoms with Gasteiger partial charge in [-0.05, 0) is 26.2 Å². The summed E-state index contributed by atoms with van der Waals surface area (Å²) in [5.41, 5.74) is 0. The smallest absolute Gasteiger partial charge is 0.0703 e. The molecule has 0 aliphatic carbocycles. The molecule has 2 nitrogen and oxygen atoms in total. The van der Waals surface area contributed by atoms with Crippen LogP contribution >= 0.6 is 0 Å². The SMILES string of the molecule is CC(C)CCCCOCCOC(C)C. The largest absolute Gasteiger partial charge is 0.379 e. The van der Waals surface area contributed by atoms with Crippen LogP contribution in [0, 0.1) is 5.92 Å². The minimum atomic E-state index is 0.319. The summed E-state index contributed by atoms with van der Waals surface area (Å²) >= 11 is 0. The van der Waals surface area contributed by atoms with Crippen molar-refractivity contribution in [1.82, 2.24) is 0 Å². The van der Waals surface area contributed by atoms with Crippen LogP contribution in [-0.2, 0) is 9.47 Å². The lowest BCUT2D eigenvalue weighted by Gasteiger charge is -2.08. The zero-order valence-corrected chi connectivity index (χ0v) is 10.2. The van der Waals surface area contributed by atoms with Gasteiger partial charge in [0.2, 0.25) is 0 Å². The van der Waals surface area contributed by atoms with E-state index in [1.807, 2.05) is 13.8 Å². The third-order valence-corrected chi connectivity index (χ3v) is 2.00. The Bertz CT molecular complexity index is 96.9. The van der Waals surface area contributed by atoms with Crippen molar-refractivity contribution in [3.8, 4) is 0 Å². The molecule has 0 amide bonds. The van der Waals surface area contributed by atoms with E-state index in [4.69, 9.17) is 9.47 Å². The van der Waals surface area contributed by atoms with E-state index in [0.717, 1.165) is 25.7 Å². The molecular formula is C12H26O2. The molecule has 0 heterocycles. The molecule has 86 valence electrons. The Balaban J connectivity index is 2.92. The summed E-state index contributed by atoms with van der Waals surface area (Å²) in [6.07, 6.45) is 4.09. The highest BCUT2D eigenvalue weighted by molar-refractivity contribution is 4.46. The topological polar surface area (TPSA) is 18.5 Å². The Kier molecular flexibility index (Phi) is 9.42. The maximum absolute atomic E-state index is 5.44. The van der Waals surface area contributed by atoms with Crippen LogP contribution in [0.25, 0.3) is 0 Å². The molecule has 0 saturated heterocycles. The van der Waals surface area contributed by atoms with E-state index >= 15 is 0 Å². The molecule has 14 heavy (non-hydrogen) atoms. The van der Waals surface area contributed by atoms with Crippen molar-refractivity contribution < 1.29 is 9.47 Å². The number of unbranched alkanes of at least 4 members (excludes halogenated alkanes) is 1. The molecule has 0 unspecified atom stereocenters. The normalized spacial score (nSPS) is 11.6. The van der Waals surface area contributed by atoms with Gasteiger partial charge in [-0.3, -0.25) is 0 Å². The highest BCUT2D eigenvalue weighted by Crippen LogP contribution is 2.05. The van der Waals surface area contributed by atoms with E-state index in [1.54, 1.807) is 0 Å². The molecule has 0 aromatic rings. The second-order valence-electron chi connectivity index (χ2n) is 4.42. The van der Waals surface area contributed by atoms with Gasteiger partial charge in [0.25, 0.3) is 0 Å². The minimum Gasteiger partial charge on any atom is -0.379 e. The third-order valence-electron chi connectivity index (χ3n) is 2.00. The predicted octanol–water partition coefficient (Wildman–Crippen LogP) is 3.25. The summed E-state index contributed by atoms with van der Waals surface area (Å²) in [5.74, 6) is 0.819. The van der Waals surface area contributed by atoms with Crippen molar-refractivity contribution in [3.05, 3.63) is 0 Å². The summed E-state index contributed by atoms with van der Waals surface area (Å²) in [4.78, 5) is 0. The first-order chi connectivity index (χ1) is 6.63. The Morgan fingerprint density at radius 1 is 0.857 bits per heavy atom. The van der Waals surface area contributed by atoms with Crippen LogP contribution in [0.5, 0.6) is 0 Å². The fourth-order valence-corrected chi connectivity index (χ4v) is 1.20. The molecule has 0 saturated carbocycles. The Hall–Kier alpha value is -0.0800. The fraction of sp³-hybridized carbons (Fsp3) is 1.00. The Labute approximate surface area is 89.0 Å². The molecular weight excluding hydrogens is 176 g/mol. The van der Waals surface area contributed by atoms with Gasteiger partial charge in [-0.1, -0.05) is 26.7 Å². The molecule has 0 aliphatic rings. The number of hydrogen-bond donors (Lipinski definition) is 0. The molecule has 2 heteroatoms. The van der Waals surface area contributed by atoms with E-state index in [9.17, 15) is 0 Å². The highest BCUT2D eigenvalue weighted by Gasteiger charge is 1.95. The summed E-state index contributed by atoms with van der Waals surface area (Å²) in [5, 5.41) is 0. The first-order valence-electron chi connectivity index (χ1n) is 5.82. The third kappa shape index (κ3) is 11.9. The van der Waals surface area contributed by atoms with Crippen molar-refractivity contribution in [3.63, 3.8) is 0 Å². The number of rotatable bonds is 9. The van der Waals surface area contributed by atoms with Gasteiger partial charge >= 0.3 is 0 Å². The first-order valence-corrected chi connectivity index (χ1v) is 5.82. The van der Waals surface area contributed by atoms with E-state index in [-0.39, 0.29) is 0 Å². The van der Waals surface area contributed by atoms with E-state index < -0.39 is 0 Å². The van der Waals surface area contributed by atoms with Crippen molar-refractivity contribution in [1.29, 1.82) is 0 Å². The van der Waals surface area contributed by atoms with Gasteiger partial charge < -0.3 is 9.47 Å². The molecule has 0 spiro atoms. The first kappa shape index (κ1) is 13.9. The molecule has 0 atom stereocenters. The van der Waals surface area contributed by atoms with Crippen LogP contribution in [-0.4, -0.2) is 25.9 Å². The monoisotopic (exact) mass is 202 g/mol. The lowest BCUT2D eigenvalue weighted by atomic mass is 10.1. The van der Waals surface area contributed by atoms with Crippen LogP contribution in [0.2, 0.25) is 0 Å². The second kappa shape index (κ2) is 9.47. The maximum atomic E-state index is 5.44. The lowest BCUT2D eigenvalue weighted by molar-refractivity contribution is 0.0185. The summed E-state index contributed by atoms with van der Waals surface area (Å²) in [7, 11) is 0. The van der Waals surface area contributed by atoms with Crippen LogP contribution in [0.15, 0.2) is 0 Å². The van der Waals surface area contributed by atoms with Gasteiger partial charge in [-0.25, -0.2) is 0 Å². The van der Waals surface area contributed by atoms with E-state index in [1.165, 1.54) is 19.3 Å². The highest BCUT2D eigenvalue weighted by atomic mass is 16.5. The van der Waals surface area contributed by atoms with Gasteiger partial charge in [0, 0.05) is 6.61 Å². The molecule has 0 aliphatic heterocycles. The quantitative estimate of drug-likeness (QED) is 0.534. The number of ether oxygens (including phenoxy) is 2. The van der Waals surface area contributed by atoms with Crippen molar-refractivity contribution in [2.75, 3.05) is 19.8 Å². The number of hydrogen-bond acceptors (Lipinski definition) is 2. The van der Waals surface area contributed by atoms with Crippen LogP contribution < -0.4 is 0 Å². The molecule has 0 rings (SSSR count). The maximum Gasteiger partial charge on any atom is 0.0703 e. The van der Waals surface area contributed by atoms with Crippen LogP contribution in [0.4, 0.5) is 0 Å². The van der Waals surface area contributed by atoms with Gasteiger partial charge in [0.15, 0.2) is 0 Å². The van der Waals surface area contributed by atoms with Gasteiger partial charge in [0.05, 0.1) is 19.3 Å². The predicted molar refractivity (Wildman–Crippen MR) is 60.6 cm³/mol. The van der Waals surface area contributed by atoms with Crippen LogP contribution in [0.1, 0.15) is 47.0 Å². The molecule has 0 radical (unpaired) electrons. The minimum absolute atomic E-state index is 0.319. The zero-order valence-electron chi connectivity index (χ0n) is 10.2. The van der Waals surface area contributed by atoms with Gasteiger partial charge in [-0.2, -0.15) is 0 Å². The standard InChI is InChI=1S/C12H26O2/c1-11(2)7-5-6-8-13-9-10-14-12(3)4/h11-12H,5-10H2,1-4H3. The van der Waals surface area contributed by atoms with E-state index in [2.05, 4.69) is 13.8 Å². The lowest BCUT2D eigenvalue weighted by Crippen LogP contribution is -2.10. The molecule has 0 bridgehead atoms. The van der Waals surface area contributed by atoms with E-state index in [0.29, 0.717) is 6.10 Å². The second-order valence-corrected chi connectivity index (χ2v) is 4.42. The summed E-state index contributed by atoms with van der Waals surface area (Å²) in [6, 6.07) is 0. The Morgan fingerprint density at radius 2 is 1.57 bits per heavy atom. The average Bonchev–Trinajstić information content (AvgIpc) is 2.08. The molecule has 0 fully saturated rings. The van der Waals surface area contributed by atoms with Gasteiger partial charge in [-0.15, -0.1) is 0 Å². The van der Waals surface area contributed by atoms with Crippen molar-refractivity contribution in [2.45, 2.75) is 53.1 Å². The molecule has 0 aromatic heterocycles. The van der Waals surface area contributed by atoms with Crippen molar-refractivity contribution in [2.24, 2.45) is 5.92 Å². The Morgan fingerprint density at radius 3 is 2.14 bits per heavy atom. The average molecular weight is 202 g/mol. The molecule has 0 N–H and O–H groups in total. The van der Waals surface area contributed by atoms with Gasteiger partial charge in [0.1, 0.15) is 0 Å².